The number of unbranched alkanes of at least 4 members (excludes halogenated alkanes) is 20. The minimum Gasteiger partial charge on any atom is -0.462 e. The first-order chi connectivity index (χ1) is 56.1. The number of esters is 3. The Bertz CT molecular complexity index is 3380. The van der Waals surface area contributed by atoms with E-state index in [1.807, 2.05) is 13.8 Å². The molecule has 0 bridgehead atoms. The lowest BCUT2D eigenvalue weighted by atomic mass is 9.95. The second kappa shape index (κ2) is 55.7. The summed E-state index contributed by atoms with van der Waals surface area (Å²) in [5.74, 6) is -3.21. The molecule has 26 nitrogen and oxygen atoms in total. The zero-order valence-corrected chi connectivity index (χ0v) is 75.7. The number of hydrogen-bond donors (Lipinski definition) is 3. The van der Waals surface area contributed by atoms with Gasteiger partial charge in [-0.05, 0) is 82.2 Å². The van der Waals surface area contributed by atoms with Gasteiger partial charge in [0.15, 0.2) is 30.4 Å². The van der Waals surface area contributed by atoms with Gasteiger partial charge in [0.1, 0.15) is 80.0 Å². The normalized spacial score (nSPS) is 20.3. The number of carbonyl (C=O) groups is 7. The van der Waals surface area contributed by atoms with E-state index >= 15 is 9.36 Å². The van der Waals surface area contributed by atoms with Gasteiger partial charge in [0.25, 0.3) is 0 Å². The van der Waals surface area contributed by atoms with E-state index in [1.54, 1.807) is 66.7 Å². The predicted molar refractivity (Wildman–Crippen MR) is 452 cm³/mol. The van der Waals surface area contributed by atoms with Crippen molar-refractivity contribution in [3.8, 4) is 11.5 Å². The molecule has 0 saturated carbocycles. The first-order valence-electron chi connectivity index (χ1n) is 40.9. The molecule has 3 aromatic rings. The number of benzene rings is 3. The quantitative estimate of drug-likeness (QED) is 0.0155. The molecule has 118 heavy (non-hydrogen) atoms. The number of hydrogen-bond acceptors (Lipinski definition) is 24. The van der Waals surface area contributed by atoms with Crippen molar-refractivity contribution in [3.63, 3.8) is 0 Å². The molecule has 3 aromatic carbocycles. The van der Waals surface area contributed by atoms with Gasteiger partial charge in [0.05, 0.1) is 26.1 Å². The maximum absolute atomic E-state index is 15.9. The summed E-state index contributed by atoms with van der Waals surface area (Å²) in [5.41, 5.74) is -1.35. The van der Waals surface area contributed by atoms with Gasteiger partial charge in [0.2, 0.25) is 17.3 Å². The van der Waals surface area contributed by atoms with Crippen molar-refractivity contribution in [2.45, 2.75) is 331 Å². The average Bonchev–Trinajstić information content (AvgIpc) is 0.770. The van der Waals surface area contributed by atoms with Crippen LogP contribution >= 0.6 is 112 Å². The van der Waals surface area contributed by atoms with E-state index in [0.717, 1.165) is 109 Å². The first-order valence-corrected chi connectivity index (χ1v) is 45.7. The van der Waals surface area contributed by atoms with E-state index in [-0.39, 0.29) is 37.4 Å². The third kappa shape index (κ3) is 42.3. The summed E-state index contributed by atoms with van der Waals surface area (Å²) in [6, 6.07) is 20.0. The summed E-state index contributed by atoms with van der Waals surface area (Å²) in [6.07, 6.45) is -1.54. The molecule has 2 heterocycles. The molecule has 0 aromatic heterocycles. The summed E-state index contributed by atoms with van der Waals surface area (Å²) < 4.78 is 101. The molecule has 668 valence electrons. The lowest BCUT2D eigenvalue weighted by Crippen LogP contribution is -2.68. The van der Waals surface area contributed by atoms with E-state index in [9.17, 15) is 33.9 Å². The van der Waals surface area contributed by atoms with Gasteiger partial charge in [0, 0.05) is 12.8 Å². The number of alkyl halides is 9. The van der Waals surface area contributed by atoms with Crippen LogP contribution in [0.15, 0.2) is 91.0 Å². The fourth-order valence-electron chi connectivity index (χ4n) is 12.7. The van der Waals surface area contributed by atoms with Crippen molar-refractivity contribution in [1.29, 1.82) is 0 Å². The van der Waals surface area contributed by atoms with Crippen LogP contribution in [0, 0.1) is 0 Å². The molecule has 0 aliphatic carbocycles. The molecule has 36 heteroatoms. The SMILES string of the molecule is CCCCCCCCCCC[C@H](CC(=O)N[C@H]1[C@H](OCc2ccccc2)O[C@H](CO[C@@H]2O[C@H](COC(=O)OC(C)(C)C(Cl)(Cl)Cl)[C@@H](OP(=O)(Oc3ccccc3)Oc3ccccc3)[C@H](OC(=O)C[C@@H](CCCCCCCCCCC)OC(=O)CCCCC)[C@H]2NC(=O)OCC(Cl)(Cl)Cl)[C@@H](O)[C@@H]1OC(=O)OCC(Cl)(Cl)Cl)OC(=O)CCCCC. The Kier molecular flexibility index (Phi) is 49.1. The molecule has 2 amide bonds. The Morgan fingerprint density at radius 3 is 1.41 bits per heavy atom. The van der Waals surface area contributed by atoms with Gasteiger partial charge >= 0.3 is 44.1 Å². The van der Waals surface area contributed by atoms with Gasteiger partial charge in [-0.2, -0.15) is 0 Å². The van der Waals surface area contributed by atoms with Crippen LogP contribution in [-0.2, 0) is 91.7 Å². The highest BCUT2D eigenvalue weighted by atomic mass is 35.6. The zero-order valence-electron chi connectivity index (χ0n) is 68.0. The molecule has 5 rings (SSSR count). The topological polar surface area (TPSA) is 319 Å². The highest BCUT2D eigenvalue weighted by Gasteiger charge is 2.57. The smallest absolute Gasteiger partial charge is 0.462 e. The monoisotopic (exact) mass is 1860 g/mol. The second-order valence-corrected chi connectivity index (χ2v) is 38.4. The Morgan fingerprint density at radius 2 is 0.915 bits per heavy atom. The van der Waals surface area contributed by atoms with Crippen LogP contribution < -0.4 is 19.7 Å². The van der Waals surface area contributed by atoms with Gasteiger partial charge in [-0.3, -0.25) is 23.7 Å². The first kappa shape index (κ1) is 104. The summed E-state index contributed by atoms with van der Waals surface area (Å²) in [4.78, 5) is 99.9. The molecule has 0 spiro atoms. The summed E-state index contributed by atoms with van der Waals surface area (Å²) >= 11 is 55.3. The van der Waals surface area contributed by atoms with Crippen LogP contribution in [0.3, 0.4) is 0 Å². The van der Waals surface area contributed by atoms with Crippen molar-refractivity contribution >= 4 is 154 Å². The number of aliphatic hydroxyl groups is 1. The molecule has 12 atom stereocenters. The third-order valence-electron chi connectivity index (χ3n) is 19.0. The summed E-state index contributed by atoms with van der Waals surface area (Å²) in [7, 11) is -5.32. The van der Waals surface area contributed by atoms with Crippen LogP contribution in [0.25, 0.3) is 0 Å². The van der Waals surface area contributed by atoms with Crippen molar-refractivity contribution in [2.24, 2.45) is 0 Å². The highest BCUT2D eigenvalue weighted by Crippen LogP contribution is 2.53. The highest BCUT2D eigenvalue weighted by molar-refractivity contribution is 7.49. The van der Waals surface area contributed by atoms with Crippen LogP contribution in [0.2, 0.25) is 0 Å². The maximum atomic E-state index is 15.9. The van der Waals surface area contributed by atoms with E-state index in [4.69, 9.17) is 175 Å². The van der Waals surface area contributed by atoms with E-state index in [1.165, 1.54) is 44.5 Å². The van der Waals surface area contributed by atoms with Crippen LogP contribution in [0.4, 0.5) is 14.4 Å². The number of rotatable bonds is 55. The number of ether oxygens (including phenoxy) is 12. The van der Waals surface area contributed by atoms with Gasteiger partial charge in [-0.1, -0.05) is 327 Å². The molecule has 3 N–H and O–H groups in total. The molecule has 0 unspecified atom stereocenters. The molecular formula is C82H118Cl9N2O24P. The predicted octanol–water partition coefficient (Wildman–Crippen LogP) is 21.3. The van der Waals surface area contributed by atoms with Crippen LogP contribution in [0.1, 0.15) is 240 Å². The fourth-order valence-corrected chi connectivity index (χ4v) is 14.5. The van der Waals surface area contributed by atoms with Gasteiger partial charge < -0.3 is 81.6 Å². The number of nitrogens with one attached hydrogen (secondary N) is 2. The van der Waals surface area contributed by atoms with Crippen LogP contribution in [-0.4, -0.2) is 164 Å². The minimum atomic E-state index is -5.32. The number of carbonyl (C=O) groups excluding carboxylic acids is 7. The Morgan fingerprint density at radius 1 is 0.475 bits per heavy atom. The van der Waals surface area contributed by atoms with Crippen molar-refractivity contribution in [3.05, 3.63) is 96.6 Å². The number of halogens is 9. The standard InChI is InChI=1S/C82H118Cl9N2O24P/c1-7-11-15-17-19-21-23-25-34-46-60(108-65(95)48-30-13-9-3)50-64(94)92-68-72(113-77(100)107-56-81(86,87)88)70(98)62(110-74(68)103-52-57-40-32-27-33-41-57)53-104-75-69(93-76(99)106-55-80(83,84)85)73(112-67(97)51-61(109-66(96)49-31-14-10-4)47-35-26-24-22-20-18-16-12-8-2)71(63(111-75)54-105-78(101)114-79(5,6)82(89,90)91)117-118(102,115-58-42-36-28-37-43-58)116-59-44-38-29-39-45-59/h27-29,32-33,36-45,60-63,68-75,98H,7-26,30-31,34-35,46-56H2,1-6H3,(H,92,94)(H,93,99)/t60-,61-,62-,63-,68-,69-,70-,71-,72-,73-,74-,75-/m1/s1. The van der Waals surface area contributed by atoms with Crippen molar-refractivity contribution in [2.75, 3.05) is 26.4 Å². The number of phosphoric acid groups is 1. The number of amides is 2. The summed E-state index contributed by atoms with van der Waals surface area (Å²) in [5, 5.41) is 18.2. The fraction of sp³-hybridized carbons (Fsp3) is 0.695. The Balaban J connectivity index is 1.71. The Hall–Kier alpha value is -4.45. The number of para-hydroxylation sites is 2. The van der Waals surface area contributed by atoms with Crippen molar-refractivity contribution < 1.29 is 114 Å². The van der Waals surface area contributed by atoms with E-state index < -0.39 is 180 Å². The summed E-state index contributed by atoms with van der Waals surface area (Å²) in [6.45, 7) is 6.68. The molecule has 2 aliphatic heterocycles. The molecule has 2 aliphatic rings. The number of alkyl carbamates (subject to hydrolysis) is 1. The lowest BCUT2D eigenvalue weighted by molar-refractivity contribution is -0.305. The number of aliphatic hydroxyl groups excluding tert-OH is 1. The molecule has 2 saturated heterocycles. The molecular weight excluding hydrogens is 1750 g/mol. The van der Waals surface area contributed by atoms with Gasteiger partial charge in [-0.15, -0.1) is 0 Å². The minimum absolute atomic E-state index is 0.0233. The zero-order chi connectivity index (χ0) is 86.6. The second-order valence-electron chi connectivity index (χ2n) is 29.6. The molecule has 0 radical (unpaired) electrons. The molecule has 2 fully saturated rings. The lowest BCUT2D eigenvalue weighted by Gasteiger charge is -2.47. The maximum Gasteiger partial charge on any atom is 0.588 e. The Labute approximate surface area is 739 Å². The van der Waals surface area contributed by atoms with E-state index in [0.29, 0.717) is 50.5 Å². The van der Waals surface area contributed by atoms with Crippen molar-refractivity contribution in [1.82, 2.24) is 10.6 Å². The number of phosphoric ester groups is 1. The van der Waals surface area contributed by atoms with Gasteiger partial charge in [-0.25, -0.2) is 18.9 Å². The van der Waals surface area contributed by atoms with Crippen LogP contribution in [0.5, 0.6) is 11.5 Å². The van der Waals surface area contributed by atoms with E-state index in [2.05, 4.69) is 24.5 Å². The average molecular weight is 1870 g/mol. The third-order valence-corrected chi connectivity index (χ3v) is 22.4. The largest absolute Gasteiger partial charge is 0.588 e.